The van der Waals surface area contributed by atoms with Gasteiger partial charge in [-0.25, -0.2) is 9.97 Å². The largest absolute Gasteiger partial charge is 0.275 e. The van der Waals surface area contributed by atoms with Crippen molar-refractivity contribution < 1.29 is 0 Å². The second-order valence-corrected chi connectivity index (χ2v) is 6.03. The third kappa shape index (κ3) is 2.34. The Kier molecular flexibility index (Phi) is 3.34. The van der Waals surface area contributed by atoms with E-state index in [2.05, 4.69) is 39.3 Å². The highest BCUT2D eigenvalue weighted by Gasteiger charge is 2.25. The molecular weight excluding hydrogens is 298 g/mol. The van der Waals surface area contributed by atoms with Crippen molar-refractivity contribution in [2.45, 2.75) is 20.8 Å². The van der Waals surface area contributed by atoms with Gasteiger partial charge >= 0.3 is 0 Å². The molecule has 5 nitrogen and oxygen atoms in total. The maximum atomic E-state index is 4.63. The van der Waals surface area contributed by atoms with Gasteiger partial charge in [-0.2, -0.15) is 0 Å². The number of fused-ring (bicyclic) bond motifs is 2. The van der Waals surface area contributed by atoms with E-state index in [1.807, 2.05) is 55.4 Å². The summed E-state index contributed by atoms with van der Waals surface area (Å²) in [6.45, 7) is 6.08. The number of azo groups is 1. The van der Waals surface area contributed by atoms with Crippen LogP contribution in [-0.2, 0) is 0 Å². The van der Waals surface area contributed by atoms with Crippen molar-refractivity contribution in [2.75, 3.05) is 4.90 Å². The predicted molar refractivity (Wildman–Crippen MR) is 95.1 cm³/mol. The summed E-state index contributed by atoms with van der Waals surface area (Å²) >= 11 is 0. The van der Waals surface area contributed by atoms with E-state index in [9.17, 15) is 0 Å². The Bertz CT molecular complexity index is 906. The van der Waals surface area contributed by atoms with Gasteiger partial charge in [-0.3, -0.25) is 4.90 Å². The molecule has 0 fully saturated rings. The molecule has 1 aliphatic heterocycles. The Balaban J connectivity index is 2.04. The summed E-state index contributed by atoms with van der Waals surface area (Å²) in [4.78, 5) is 11.3. The van der Waals surface area contributed by atoms with Crippen LogP contribution in [-0.4, -0.2) is 9.97 Å². The zero-order chi connectivity index (χ0) is 16.7. The lowest BCUT2D eigenvalue weighted by Gasteiger charge is -2.25. The van der Waals surface area contributed by atoms with Crippen LogP contribution in [0.3, 0.4) is 0 Å². The Labute approximate surface area is 140 Å². The molecule has 0 bridgehead atoms. The Morgan fingerprint density at radius 1 is 0.750 bits per heavy atom. The van der Waals surface area contributed by atoms with Crippen molar-refractivity contribution in [3.63, 3.8) is 0 Å². The van der Waals surface area contributed by atoms with E-state index in [4.69, 9.17) is 0 Å². The minimum absolute atomic E-state index is 0.744. The zero-order valence-corrected chi connectivity index (χ0v) is 13.9. The van der Waals surface area contributed by atoms with E-state index < -0.39 is 0 Å². The third-order valence-electron chi connectivity index (χ3n) is 4.01. The van der Waals surface area contributed by atoms with Crippen LogP contribution in [0.4, 0.5) is 28.7 Å². The number of nitrogens with zero attached hydrogens (tertiary/aromatic N) is 5. The molecule has 0 unspecified atom stereocenters. The average Bonchev–Trinajstić information content (AvgIpc) is 2.72. The fraction of sp³-hybridized carbons (Fsp3) is 0.158. The molecule has 3 heterocycles. The molecule has 118 valence electrons. The van der Waals surface area contributed by atoms with Gasteiger partial charge in [0, 0.05) is 12.4 Å². The van der Waals surface area contributed by atoms with Crippen molar-refractivity contribution in [3.05, 3.63) is 65.5 Å². The smallest absolute Gasteiger partial charge is 0.166 e. The highest BCUT2D eigenvalue weighted by atomic mass is 15.3. The van der Waals surface area contributed by atoms with Crippen molar-refractivity contribution in [1.29, 1.82) is 0 Å². The summed E-state index contributed by atoms with van der Waals surface area (Å²) in [7, 11) is 0. The van der Waals surface area contributed by atoms with Crippen molar-refractivity contribution in [2.24, 2.45) is 10.2 Å². The Hall–Kier alpha value is -3.08. The van der Waals surface area contributed by atoms with E-state index in [0.717, 1.165) is 45.4 Å². The first-order chi connectivity index (χ1) is 11.6. The minimum atomic E-state index is 0.744. The second kappa shape index (κ2) is 5.53. The molecule has 3 aromatic rings. The van der Waals surface area contributed by atoms with E-state index in [1.165, 1.54) is 0 Å². The van der Waals surface area contributed by atoms with Crippen molar-refractivity contribution >= 4 is 28.7 Å². The summed E-state index contributed by atoms with van der Waals surface area (Å²) in [6.07, 6.45) is 3.69. The highest BCUT2D eigenvalue weighted by molar-refractivity contribution is 5.86. The number of rotatable bonds is 1. The first-order valence-corrected chi connectivity index (χ1v) is 7.84. The molecule has 1 aliphatic rings. The van der Waals surface area contributed by atoms with Gasteiger partial charge in [0.05, 0.1) is 5.69 Å². The maximum Gasteiger partial charge on any atom is 0.166 e. The summed E-state index contributed by atoms with van der Waals surface area (Å²) in [5.41, 5.74) is 5.75. The lowest BCUT2D eigenvalue weighted by Crippen LogP contribution is -2.14. The molecule has 0 spiro atoms. The normalized spacial score (nSPS) is 12.5. The molecule has 0 amide bonds. The van der Waals surface area contributed by atoms with Crippen molar-refractivity contribution in [1.82, 2.24) is 9.97 Å². The lowest BCUT2D eigenvalue weighted by atomic mass is 10.1. The van der Waals surface area contributed by atoms with E-state index in [0.29, 0.717) is 0 Å². The quantitative estimate of drug-likeness (QED) is 0.459. The molecule has 1 aromatic carbocycles. The first kappa shape index (κ1) is 14.5. The molecule has 0 N–H and O–H groups in total. The number of aryl methyl sites for hydroxylation is 3. The van der Waals surface area contributed by atoms with Crippen LogP contribution in [0.1, 0.15) is 16.7 Å². The van der Waals surface area contributed by atoms with Crippen LogP contribution in [0.2, 0.25) is 0 Å². The Morgan fingerprint density at radius 3 is 1.83 bits per heavy atom. The first-order valence-electron chi connectivity index (χ1n) is 7.84. The van der Waals surface area contributed by atoms with Gasteiger partial charge in [0.2, 0.25) is 0 Å². The monoisotopic (exact) mass is 315 g/mol. The molecule has 0 radical (unpaired) electrons. The van der Waals surface area contributed by atoms with Gasteiger partial charge in [0.25, 0.3) is 0 Å². The molecule has 4 rings (SSSR count). The topological polar surface area (TPSA) is 53.7 Å². The molecule has 0 atom stereocenters. The predicted octanol–water partition coefficient (Wildman–Crippen LogP) is 5.60. The van der Waals surface area contributed by atoms with Gasteiger partial charge in [-0.15, -0.1) is 10.2 Å². The summed E-state index contributed by atoms with van der Waals surface area (Å²) in [5.74, 6) is 1.49. The lowest BCUT2D eigenvalue weighted by molar-refractivity contribution is 1.11. The van der Waals surface area contributed by atoms with Crippen LogP contribution in [0.25, 0.3) is 0 Å². The number of pyridine rings is 2. The molecule has 0 aliphatic carbocycles. The third-order valence-corrected chi connectivity index (χ3v) is 4.01. The second-order valence-electron chi connectivity index (χ2n) is 6.03. The van der Waals surface area contributed by atoms with Crippen LogP contribution in [0, 0.1) is 20.8 Å². The molecule has 0 saturated carbocycles. The number of para-hydroxylation sites is 1. The molecular formula is C19H17N5. The molecule has 0 saturated heterocycles. The Morgan fingerprint density at radius 2 is 1.29 bits per heavy atom. The summed E-state index contributed by atoms with van der Waals surface area (Å²) in [5, 5.41) is 8.83. The van der Waals surface area contributed by atoms with E-state index in [1.54, 1.807) is 0 Å². The standard InChI is InChI=1S/C19H17N5/c1-12-8-15-18(20-10-12)24(17-7-5-4-6-14(17)3)19-16(23-22-15)9-13(2)11-21-19/h4-11H,1-3H3. The number of benzene rings is 1. The molecule has 5 heteroatoms. The van der Waals surface area contributed by atoms with Gasteiger partial charge in [-0.1, -0.05) is 18.2 Å². The average molecular weight is 315 g/mol. The number of anilines is 3. The van der Waals surface area contributed by atoms with Crippen LogP contribution in [0.5, 0.6) is 0 Å². The molecule has 2 aromatic heterocycles. The number of hydrogen-bond donors (Lipinski definition) is 0. The summed E-state index contributed by atoms with van der Waals surface area (Å²) < 4.78 is 0. The highest BCUT2D eigenvalue weighted by Crippen LogP contribution is 2.45. The van der Waals surface area contributed by atoms with Gasteiger partial charge in [0.1, 0.15) is 11.4 Å². The van der Waals surface area contributed by atoms with Gasteiger partial charge in [-0.05, 0) is 55.7 Å². The SMILES string of the molecule is Cc1cnc2c(c1)N=Nc1cc(C)cnc1N2c1ccccc1C. The number of hydrogen-bond acceptors (Lipinski definition) is 5. The number of aromatic nitrogens is 2. The van der Waals surface area contributed by atoms with Crippen LogP contribution in [0.15, 0.2) is 59.0 Å². The summed E-state index contributed by atoms with van der Waals surface area (Å²) in [6, 6.07) is 12.2. The van der Waals surface area contributed by atoms with E-state index >= 15 is 0 Å². The van der Waals surface area contributed by atoms with Gasteiger partial charge in [0.15, 0.2) is 11.6 Å². The fourth-order valence-corrected chi connectivity index (χ4v) is 2.84. The van der Waals surface area contributed by atoms with Crippen LogP contribution < -0.4 is 4.90 Å². The van der Waals surface area contributed by atoms with E-state index in [-0.39, 0.29) is 0 Å². The van der Waals surface area contributed by atoms with Gasteiger partial charge < -0.3 is 0 Å². The van der Waals surface area contributed by atoms with Crippen molar-refractivity contribution in [3.8, 4) is 0 Å². The van der Waals surface area contributed by atoms with Crippen LogP contribution >= 0.6 is 0 Å². The zero-order valence-electron chi connectivity index (χ0n) is 13.9. The fourth-order valence-electron chi connectivity index (χ4n) is 2.84. The maximum absolute atomic E-state index is 4.63. The molecule has 24 heavy (non-hydrogen) atoms. The minimum Gasteiger partial charge on any atom is -0.275 e.